The normalized spacial score (nSPS) is 26.6. The van der Waals surface area contributed by atoms with Gasteiger partial charge < -0.3 is 23.8 Å². The average Bonchev–Trinajstić information content (AvgIpc) is 3.34. The number of carbonyl (C=O) groups excluding carboxylic acids is 2. The number of methoxy groups -OCH3 is 1. The van der Waals surface area contributed by atoms with E-state index < -0.39 is 35.7 Å². The molecule has 0 bridgehead atoms. The number of likely N-dealkylation sites (tertiary alicyclic amines) is 1. The highest BCUT2D eigenvalue weighted by Gasteiger charge is 2.60. The van der Waals surface area contributed by atoms with Crippen molar-refractivity contribution < 1.29 is 28.5 Å². The molecule has 3 aliphatic rings. The minimum atomic E-state index is -0.815. The second-order valence-electron chi connectivity index (χ2n) is 14.2. The van der Waals surface area contributed by atoms with Gasteiger partial charge >= 0.3 is 5.97 Å². The first kappa shape index (κ1) is 32.5. The highest BCUT2D eigenvalue weighted by atomic mass is 16.5. The quantitative estimate of drug-likeness (QED) is 0.285. The van der Waals surface area contributed by atoms with Gasteiger partial charge in [0.15, 0.2) is 0 Å². The molecule has 2 aromatic rings. The highest BCUT2D eigenvalue weighted by molar-refractivity contribution is 5.89. The lowest BCUT2D eigenvalue weighted by Crippen LogP contribution is -2.51. The topological polar surface area (TPSA) is 74.3 Å². The Balaban J connectivity index is 1.61. The number of rotatable bonds is 9. The summed E-state index contributed by atoms with van der Waals surface area (Å²) in [6, 6.07) is 13.2. The number of nitrogens with zero attached hydrogens (tertiary/aromatic N) is 1. The molecule has 7 nitrogen and oxygen atoms in total. The van der Waals surface area contributed by atoms with Crippen molar-refractivity contribution >= 4 is 11.9 Å². The zero-order valence-corrected chi connectivity index (χ0v) is 27.7. The van der Waals surface area contributed by atoms with E-state index in [1.54, 1.807) is 12.0 Å². The molecule has 240 valence electrons. The van der Waals surface area contributed by atoms with Crippen molar-refractivity contribution in [2.24, 2.45) is 11.3 Å². The van der Waals surface area contributed by atoms with Gasteiger partial charge in [-0.1, -0.05) is 64.4 Å². The van der Waals surface area contributed by atoms with Crippen LogP contribution in [-0.4, -0.2) is 55.3 Å². The van der Waals surface area contributed by atoms with E-state index in [1.165, 1.54) is 24.8 Å². The first-order valence-corrected chi connectivity index (χ1v) is 16.4. The fourth-order valence-electron chi connectivity index (χ4n) is 7.60. The fraction of sp³-hybridized carbons (Fsp3) is 0.622. The van der Waals surface area contributed by atoms with E-state index in [0.29, 0.717) is 19.6 Å². The predicted molar refractivity (Wildman–Crippen MR) is 170 cm³/mol. The van der Waals surface area contributed by atoms with Gasteiger partial charge in [0.1, 0.15) is 17.9 Å². The monoisotopic (exact) mass is 605 g/mol. The van der Waals surface area contributed by atoms with Gasteiger partial charge in [0, 0.05) is 18.1 Å². The van der Waals surface area contributed by atoms with Gasteiger partial charge in [-0.2, -0.15) is 0 Å². The molecule has 1 amide bonds. The van der Waals surface area contributed by atoms with Gasteiger partial charge in [-0.05, 0) is 85.6 Å². The van der Waals surface area contributed by atoms with Crippen molar-refractivity contribution in [1.82, 2.24) is 4.90 Å². The molecule has 5 atom stereocenters. The zero-order chi connectivity index (χ0) is 31.6. The summed E-state index contributed by atoms with van der Waals surface area (Å²) < 4.78 is 24.5. The van der Waals surface area contributed by atoms with E-state index in [-0.39, 0.29) is 23.8 Å². The van der Waals surface area contributed by atoms with Crippen molar-refractivity contribution in [3.63, 3.8) is 0 Å². The van der Waals surface area contributed by atoms with Gasteiger partial charge in [0.25, 0.3) is 5.91 Å². The minimum Gasteiger partial charge on any atom is -0.496 e. The number of ether oxygens (including phenoxy) is 4. The second kappa shape index (κ2) is 13.2. The molecule has 0 unspecified atom stereocenters. The largest absolute Gasteiger partial charge is 0.496 e. The van der Waals surface area contributed by atoms with Crippen LogP contribution in [-0.2, 0) is 35.8 Å². The molecule has 2 aromatic carbocycles. The Labute approximate surface area is 263 Å². The van der Waals surface area contributed by atoms with Gasteiger partial charge in [0.05, 0.1) is 32.5 Å². The molecule has 0 spiro atoms. The van der Waals surface area contributed by atoms with Crippen molar-refractivity contribution in [3.8, 4) is 5.75 Å². The molecule has 3 fully saturated rings. The van der Waals surface area contributed by atoms with Crippen molar-refractivity contribution in [2.45, 2.75) is 116 Å². The summed E-state index contributed by atoms with van der Waals surface area (Å²) in [5, 5.41) is 0. The number of benzene rings is 2. The van der Waals surface area contributed by atoms with Gasteiger partial charge in [-0.25, -0.2) is 4.79 Å². The molecule has 2 saturated heterocycles. The fourth-order valence-corrected chi connectivity index (χ4v) is 7.60. The molecule has 44 heavy (non-hydrogen) atoms. The molecule has 1 saturated carbocycles. The van der Waals surface area contributed by atoms with E-state index in [4.69, 9.17) is 18.9 Å². The van der Waals surface area contributed by atoms with Crippen LogP contribution >= 0.6 is 0 Å². The molecule has 0 aromatic heterocycles. The van der Waals surface area contributed by atoms with Crippen LogP contribution in [0.2, 0.25) is 0 Å². The number of esters is 1. The molecule has 5 rings (SSSR count). The molecule has 0 radical (unpaired) electrons. The Hall–Kier alpha value is -2.90. The van der Waals surface area contributed by atoms with E-state index in [2.05, 4.69) is 58.9 Å². The minimum absolute atomic E-state index is 0.158. The highest BCUT2D eigenvalue weighted by Crippen LogP contribution is 2.51. The number of aryl methyl sites for hydroxylation is 1. The van der Waals surface area contributed by atoms with Crippen molar-refractivity contribution in [3.05, 3.63) is 64.7 Å². The molecule has 1 aliphatic carbocycles. The molecular formula is C37H51NO6. The number of hydrogen-bond donors (Lipinski definition) is 0. The van der Waals surface area contributed by atoms with Crippen molar-refractivity contribution in [1.29, 1.82) is 0 Å². The summed E-state index contributed by atoms with van der Waals surface area (Å²) in [6.45, 7) is 13.6. The average molecular weight is 606 g/mol. The van der Waals surface area contributed by atoms with Crippen LogP contribution in [0.25, 0.3) is 0 Å². The van der Waals surface area contributed by atoms with Crippen LogP contribution < -0.4 is 4.74 Å². The Kier molecular flexibility index (Phi) is 9.76. The van der Waals surface area contributed by atoms with Crippen LogP contribution in [0.3, 0.4) is 0 Å². The first-order valence-electron chi connectivity index (χ1n) is 16.4. The van der Waals surface area contributed by atoms with Crippen LogP contribution in [0.4, 0.5) is 0 Å². The van der Waals surface area contributed by atoms with Gasteiger partial charge in [0.2, 0.25) is 0 Å². The standard InChI is InChI=1S/C37H51NO6/c1-8-42-35(40)32-30(36(3,4)5)33(44-23-25-22-26(17-18-28(25)41-7)37(6)19-13-20-37)31(27-15-10-9-14-24(27)2)38(32)34(39)29-16-11-12-21-43-29/h9-10,14-15,17-18,22,29-33H,8,11-13,16,19-21,23H2,1-7H3/t29-,30-,31-,32-,33-/m0/s1. The third-order valence-electron chi connectivity index (χ3n) is 10.2. The SMILES string of the molecule is CCOC(=O)[C@@H]1[C@H](C(C)(C)C)[C@H](OCc2cc(C3(C)CCC3)ccc2OC)[C@H](c2ccccc2C)N1C(=O)[C@@H]1CCCCO1. The van der Waals surface area contributed by atoms with E-state index >= 15 is 0 Å². The maximum Gasteiger partial charge on any atom is 0.329 e. The first-order chi connectivity index (χ1) is 21.0. The Morgan fingerprint density at radius 3 is 2.41 bits per heavy atom. The molecule has 0 N–H and O–H groups in total. The predicted octanol–water partition coefficient (Wildman–Crippen LogP) is 7.08. The molecule has 7 heteroatoms. The van der Waals surface area contributed by atoms with Gasteiger partial charge in [-0.15, -0.1) is 0 Å². The lowest BCUT2D eigenvalue weighted by molar-refractivity contribution is -0.162. The summed E-state index contributed by atoms with van der Waals surface area (Å²) in [5.41, 5.74) is 4.07. The Morgan fingerprint density at radius 1 is 1.07 bits per heavy atom. The van der Waals surface area contributed by atoms with E-state index in [1.807, 2.05) is 25.1 Å². The van der Waals surface area contributed by atoms with Crippen LogP contribution in [0, 0.1) is 18.3 Å². The second-order valence-corrected chi connectivity index (χ2v) is 14.2. The van der Waals surface area contributed by atoms with Crippen LogP contribution in [0.15, 0.2) is 42.5 Å². The molecule has 2 aliphatic heterocycles. The lowest BCUT2D eigenvalue weighted by atomic mass is 9.66. The van der Waals surface area contributed by atoms with E-state index in [0.717, 1.165) is 35.3 Å². The summed E-state index contributed by atoms with van der Waals surface area (Å²) >= 11 is 0. The maximum absolute atomic E-state index is 14.5. The maximum atomic E-state index is 14.5. The molecular weight excluding hydrogens is 554 g/mol. The van der Waals surface area contributed by atoms with Crippen LogP contribution in [0.1, 0.15) is 101 Å². The van der Waals surface area contributed by atoms with E-state index in [9.17, 15) is 9.59 Å². The lowest BCUT2D eigenvalue weighted by Gasteiger charge is -2.39. The van der Waals surface area contributed by atoms with Gasteiger partial charge in [-0.3, -0.25) is 4.79 Å². The number of hydrogen-bond acceptors (Lipinski definition) is 6. The summed E-state index contributed by atoms with van der Waals surface area (Å²) in [6.07, 6.45) is 5.00. The summed E-state index contributed by atoms with van der Waals surface area (Å²) in [5.74, 6) is -0.107. The smallest absolute Gasteiger partial charge is 0.329 e. The summed E-state index contributed by atoms with van der Waals surface area (Å²) in [7, 11) is 1.69. The van der Waals surface area contributed by atoms with Crippen LogP contribution in [0.5, 0.6) is 5.75 Å². The number of carbonyl (C=O) groups is 2. The summed E-state index contributed by atoms with van der Waals surface area (Å²) in [4.78, 5) is 30.2. The number of amides is 1. The third-order valence-corrected chi connectivity index (χ3v) is 10.2. The van der Waals surface area contributed by atoms with Crippen molar-refractivity contribution in [2.75, 3.05) is 20.3 Å². The Morgan fingerprint density at radius 2 is 1.82 bits per heavy atom. The third kappa shape index (κ3) is 6.28. The zero-order valence-electron chi connectivity index (χ0n) is 27.7. The molecule has 2 heterocycles. The Bertz CT molecular complexity index is 1320.